The van der Waals surface area contributed by atoms with Gasteiger partial charge in [0.15, 0.2) is 6.79 Å². The molecule has 3 rings (SSSR count). The van der Waals surface area contributed by atoms with E-state index < -0.39 is 0 Å². The zero-order valence-corrected chi connectivity index (χ0v) is 14.3. The molecule has 0 aromatic heterocycles. The first-order valence-corrected chi connectivity index (χ1v) is 9.00. The summed E-state index contributed by atoms with van der Waals surface area (Å²) in [6.45, 7) is 8.41. The summed E-state index contributed by atoms with van der Waals surface area (Å²) in [4.78, 5) is 12.4. The molecule has 0 aromatic rings. The predicted molar refractivity (Wildman–Crippen MR) is 83.1 cm³/mol. The Hall–Kier alpha value is -0.610. The van der Waals surface area contributed by atoms with Crippen LogP contribution in [-0.4, -0.2) is 31.1 Å². The van der Waals surface area contributed by atoms with E-state index in [9.17, 15) is 4.79 Å². The second-order valence-corrected chi connectivity index (χ2v) is 7.48. The normalized spacial score (nSPS) is 42.9. The van der Waals surface area contributed by atoms with Crippen molar-refractivity contribution in [2.45, 2.75) is 71.7 Å². The lowest BCUT2D eigenvalue weighted by Crippen LogP contribution is -2.36. The summed E-state index contributed by atoms with van der Waals surface area (Å²) in [7, 11) is 0. The number of carbonyl (C=O) groups is 1. The van der Waals surface area contributed by atoms with Crippen molar-refractivity contribution in [3.8, 4) is 0 Å². The highest BCUT2D eigenvalue weighted by Crippen LogP contribution is 2.62. The van der Waals surface area contributed by atoms with Gasteiger partial charge in [-0.15, -0.1) is 0 Å². The van der Waals surface area contributed by atoms with E-state index in [1.807, 2.05) is 13.8 Å². The average Bonchev–Trinajstić information content (AvgIpc) is 3.16. The van der Waals surface area contributed by atoms with Crippen molar-refractivity contribution in [1.82, 2.24) is 0 Å². The summed E-state index contributed by atoms with van der Waals surface area (Å²) in [5, 5.41) is 0. The van der Waals surface area contributed by atoms with Crippen LogP contribution in [0.4, 0.5) is 0 Å². The number of esters is 1. The van der Waals surface area contributed by atoms with Gasteiger partial charge in [0.25, 0.3) is 0 Å². The molecule has 7 atom stereocenters. The fourth-order valence-electron chi connectivity index (χ4n) is 5.27. The monoisotopic (exact) mass is 310 g/mol. The largest absolute Gasteiger partial charge is 0.438 e. The third-order valence-corrected chi connectivity index (χ3v) is 6.05. The molecular formula is C18H30O4. The molecule has 4 nitrogen and oxygen atoms in total. The van der Waals surface area contributed by atoms with Crippen molar-refractivity contribution in [3.63, 3.8) is 0 Å². The molecule has 126 valence electrons. The fraction of sp³-hybridized carbons (Fsp3) is 0.944. The zero-order chi connectivity index (χ0) is 15.9. The highest BCUT2D eigenvalue weighted by molar-refractivity contribution is 5.73. The Bertz CT molecular complexity index is 408. The topological polar surface area (TPSA) is 44.8 Å². The molecule has 0 radical (unpaired) electrons. The number of rotatable bonds is 6. The van der Waals surface area contributed by atoms with E-state index in [1.165, 1.54) is 6.42 Å². The second kappa shape index (κ2) is 6.48. The van der Waals surface area contributed by atoms with Gasteiger partial charge in [0, 0.05) is 0 Å². The highest BCUT2D eigenvalue weighted by atomic mass is 16.7. The minimum absolute atomic E-state index is 0.0543. The van der Waals surface area contributed by atoms with Crippen molar-refractivity contribution in [1.29, 1.82) is 0 Å². The van der Waals surface area contributed by atoms with E-state index in [-0.39, 0.29) is 24.8 Å². The summed E-state index contributed by atoms with van der Waals surface area (Å²) in [6.07, 6.45) is 5.17. The van der Waals surface area contributed by atoms with Gasteiger partial charge in [-0.3, -0.25) is 4.79 Å². The van der Waals surface area contributed by atoms with Crippen LogP contribution in [0, 0.1) is 29.6 Å². The molecule has 3 fully saturated rings. The fourth-order valence-corrected chi connectivity index (χ4v) is 5.27. The molecule has 0 N–H and O–H groups in total. The standard InChI is InChI=1S/C18H30O4/c1-5-14-16-11-7-12(17(16)15(6-2)22-14)13(8-11)18(19)21-9-20-10(3)4/h10-17H,5-9H2,1-4H3. The van der Waals surface area contributed by atoms with Crippen LogP contribution in [0.15, 0.2) is 0 Å². The lowest BCUT2D eigenvalue weighted by molar-refractivity contribution is -0.167. The van der Waals surface area contributed by atoms with Crippen molar-refractivity contribution >= 4 is 5.97 Å². The first-order valence-electron chi connectivity index (χ1n) is 9.00. The molecular weight excluding hydrogens is 280 g/mol. The van der Waals surface area contributed by atoms with Crippen LogP contribution in [0.3, 0.4) is 0 Å². The minimum Gasteiger partial charge on any atom is -0.438 e. The average molecular weight is 310 g/mol. The first-order chi connectivity index (χ1) is 10.6. The minimum atomic E-state index is -0.0543. The third kappa shape index (κ3) is 2.69. The van der Waals surface area contributed by atoms with Crippen molar-refractivity contribution < 1.29 is 19.0 Å². The summed E-state index contributed by atoms with van der Waals surface area (Å²) in [5.74, 6) is 2.37. The maximum atomic E-state index is 12.4. The quantitative estimate of drug-likeness (QED) is 0.557. The lowest BCUT2D eigenvalue weighted by atomic mass is 9.70. The Balaban J connectivity index is 1.63. The van der Waals surface area contributed by atoms with E-state index in [4.69, 9.17) is 14.2 Å². The summed E-state index contributed by atoms with van der Waals surface area (Å²) in [5.41, 5.74) is 0. The van der Waals surface area contributed by atoms with E-state index in [1.54, 1.807) is 0 Å². The molecule has 0 amide bonds. The van der Waals surface area contributed by atoms with Crippen LogP contribution >= 0.6 is 0 Å². The molecule has 4 heteroatoms. The van der Waals surface area contributed by atoms with E-state index in [2.05, 4.69) is 13.8 Å². The molecule has 3 aliphatic rings. The number of hydrogen-bond acceptors (Lipinski definition) is 4. The van der Waals surface area contributed by atoms with Crippen molar-refractivity contribution in [3.05, 3.63) is 0 Å². The molecule has 7 unspecified atom stereocenters. The molecule has 1 heterocycles. The highest BCUT2D eigenvalue weighted by Gasteiger charge is 2.62. The zero-order valence-electron chi connectivity index (χ0n) is 14.3. The van der Waals surface area contributed by atoms with Gasteiger partial charge < -0.3 is 14.2 Å². The second-order valence-electron chi connectivity index (χ2n) is 7.48. The SMILES string of the molecule is CCC1OC(CC)C2C3CC(CC3C(=O)OCOC(C)C)C12. The Labute approximate surface area is 133 Å². The lowest BCUT2D eigenvalue weighted by Gasteiger charge is -2.32. The van der Waals surface area contributed by atoms with Crippen LogP contribution in [0.5, 0.6) is 0 Å². The summed E-state index contributed by atoms with van der Waals surface area (Å²) >= 11 is 0. The van der Waals surface area contributed by atoms with E-state index in [0.29, 0.717) is 35.9 Å². The van der Waals surface area contributed by atoms with E-state index in [0.717, 1.165) is 19.3 Å². The molecule has 2 saturated carbocycles. The Morgan fingerprint density at radius 3 is 2.45 bits per heavy atom. The van der Waals surface area contributed by atoms with Crippen LogP contribution in [-0.2, 0) is 19.0 Å². The van der Waals surface area contributed by atoms with E-state index >= 15 is 0 Å². The molecule has 0 aromatic carbocycles. The Morgan fingerprint density at radius 2 is 1.82 bits per heavy atom. The van der Waals surface area contributed by atoms with Gasteiger partial charge in [-0.05, 0) is 63.2 Å². The predicted octanol–water partition coefficient (Wildman–Crippen LogP) is 3.39. The van der Waals surface area contributed by atoms with Crippen molar-refractivity contribution in [2.24, 2.45) is 29.6 Å². The number of carbonyl (C=O) groups excluding carboxylic acids is 1. The maximum Gasteiger partial charge on any atom is 0.311 e. The molecule has 1 aliphatic heterocycles. The Kier molecular flexibility index (Phi) is 4.79. The summed E-state index contributed by atoms with van der Waals surface area (Å²) in [6, 6.07) is 0. The van der Waals surface area contributed by atoms with Gasteiger partial charge in [-0.1, -0.05) is 13.8 Å². The van der Waals surface area contributed by atoms with Gasteiger partial charge in [0.2, 0.25) is 0 Å². The molecule has 2 aliphatic carbocycles. The van der Waals surface area contributed by atoms with Gasteiger partial charge in [-0.25, -0.2) is 0 Å². The maximum absolute atomic E-state index is 12.4. The first kappa shape index (κ1) is 16.3. The van der Waals surface area contributed by atoms with Gasteiger partial charge >= 0.3 is 5.97 Å². The van der Waals surface area contributed by atoms with Gasteiger partial charge in [0.1, 0.15) is 0 Å². The number of fused-ring (bicyclic) bond motifs is 5. The third-order valence-electron chi connectivity index (χ3n) is 6.05. The van der Waals surface area contributed by atoms with Gasteiger partial charge in [-0.2, -0.15) is 0 Å². The Morgan fingerprint density at radius 1 is 1.14 bits per heavy atom. The van der Waals surface area contributed by atoms with Crippen LogP contribution in [0.25, 0.3) is 0 Å². The number of ether oxygens (including phenoxy) is 3. The summed E-state index contributed by atoms with van der Waals surface area (Å²) < 4.78 is 17.0. The molecule has 1 saturated heterocycles. The molecule has 0 spiro atoms. The van der Waals surface area contributed by atoms with Crippen LogP contribution in [0.2, 0.25) is 0 Å². The molecule has 22 heavy (non-hydrogen) atoms. The number of hydrogen-bond donors (Lipinski definition) is 0. The molecule has 2 bridgehead atoms. The van der Waals surface area contributed by atoms with Gasteiger partial charge in [0.05, 0.1) is 24.2 Å². The van der Waals surface area contributed by atoms with Crippen molar-refractivity contribution in [2.75, 3.05) is 6.79 Å². The van der Waals surface area contributed by atoms with Crippen LogP contribution < -0.4 is 0 Å². The smallest absolute Gasteiger partial charge is 0.311 e. The van der Waals surface area contributed by atoms with Crippen LogP contribution in [0.1, 0.15) is 53.4 Å².